The number of hydrogen-bond donors (Lipinski definition) is 2. The summed E-state index contributed by atoms with van der Waals surface area (Å²) in [7, 11) is 3.03. The molecular formula is C38H38ClF6N8O6+. The van der Waals surface area contributed by atoms with Gasteiger partial charge in [-0.3, -0.25) is 9.69 Å². The third kappa shape index (κ3) is 11.6. The standard InChI is InChI=1S/C38H38ClF6N8O6/c1-24(59-36(55)50(3)32-6-4-5-30(39)28(32)17-57-34(54)16-46-2)51-22-48-53(23-51)19-37(56,29-13-10-26(40)15-31(29)41)18-52-21-47-33(49-52)14-9-25-7-11-27(12-8-25)58-20-38(44,45)35(42)43/h4-15,21-24,35,46,56H,16-20H2,1-3H3/q+1/b14-9+. The smallest absolute Gasteiger partial charge is 0.416 e. The summed E-state index contributed by atoms with van der Waals surface area (Å²) in [6.45, 7) is -0.968. The predicted octanol–water partition coefficient (Wildman–Crippen LogP) is 5.79. The van der Waals surface area contributed by atoms with E-state index in [-0.39, 0.29) is 35.3 Å². The average molecular weight is 852 g/mol. The molecule has 0 bridgehead atoms. The fraction of sp³-hybridized carbons (Fsp3) is 0.316. The quantitative estimate of drug-likeness (QED) is 0.0631. The Labute approximate surface area is 338 Å². The van der Waals surface area contributed by atoms with Crippen LogP contribution in [0.1, 0.15) is 35.7 Å². The number of amides is 1. The first kappa shape index (κ1) is 44.1. The monoisotopic (exact) mass is 851 g/mol. The summed E-state index contributed by atoms with van der Waals surface area (Å²) in [5.74, 6) is -6.63. The van der Waals surface area contributed by atoms with Crippen LogP contribution in [0.15, 0.2) is 79.6 Å². The molecule has 5 aromatic rings. The van der Waals surface area contributed by atoms with Crippen LogP contribution in [-0.2, 0) is 39.6 Å². The summed E-state index contributed by atoms with van der Waals surface area (Å²) in [4.78, 5) is 30.5. The highest BCUT2D eigenvalue weighted by Gasteiger charge is 2.42. The van der Waals surface area contributed by atoms with Gasteiger partial charge in [0, 0.05) is 41.3 Å². The van der Waals surface area contributed by atoms with Crippen LogP contribution in [0.3, 0.4) is 0 Å². The maximum atomic E-state index is 15.2. The van der Waals surface area contributed by atoms with Gasteiger partial charge in [-0.1, -0.05) is 41.9 Å². The zero-order chi connectivity index (χ0) is 42.9. The molecule has 1 amide bonds. The highest BCUT2D eigenvalue weighted by molar-refractivity contribution is 6.31. The van der Waals surface area contributed by atoms with Gasteiger partial charge in [0.1, 0.15) is 42.5 Å². The molecule has 0 fully saturated rings. The summed E-state index contributed by atoms with van der Waals surface area (Å²) >= 11 is 6.37. The maximum absolute atomic E-state index is 15.2. The van der Waals surface area contributed by atoms with Crippen molar-refractivity contribution in [3.63, 3.8) is 0 Å². The minimum Gasteiger partial charge on any atom is -0.487 e. The van der Waals surface area contributed by atoms with Gasteiger partial charge in [0.2, 0.25) is 12.6 Å². The van der Waals surface area contributed by atoms with Crippen LogP contribution < -0.4 is 19.5 Å². The Bertz CT molecular complexity index is 2260. The molecule has 0 saturated heterocycles. The van der Waals surface area contributed by atoms with E-state index in [1.165, 1.54) is 75.2 Å². The molecule has 0 radical (unpaired) electrons. The van der Waals surface area contributed by atoms with Crippen molar-refractivity contribution in [2.75, 3.05) is 32.1 Å². The number of rotatable bonds is 18. The number of carbonyl (C=O) groups excluding carboxylic acids is 2. The summed E-state index contributed by atoms with van der Waals surface area (Å²) in [6, 6.07) is 13.1. The van der Waals surface area contributed by atoms with Gasteiger partial charge >= 0.3 is 24.4 Å². The maximum Gasteiger partial charge on any atom is 0.416 e. The van der Waals surface area contributed by atoms with Gasteiger partial charge < -0.3 is 24.6 Å². The van der Waals surface area contributed by atoms with Crippen molar-refractivity contribution in [2.24, 2.45) is 0 Å². The molecule has 2 atom stereocenters. The van der Waals surface area contributed by atoms with Crippen molar-refractivity contribution in [3.05, 3.63) is 119 Å². The number of benzene rings is 3. The number of nitrogens with zero attached hydrogens (tertiary/aromatic N) is 7. The van der Waals surface area contributed by atoms with Crippen molar-refractivity contribution >= 4 is 41.5 Å². The summed E-state index contributed by atoms with van der Waals surface area (Å²) in [5, 5.41) is 23.5. The van der Waals surface area contributed by atoms with E-state index in [0.717, 1.165) is 12.1 Å². The third-order valence-electron chi connectivity index (χ3n) is 8.61. The second-order valence-electron chi connectivity index (χ2n) is 13.1. The van der Waals surface area contributed by atoms with E-state index in [2.05, 4.69) is 20.5 Å². The molecule has 2 heterocycles. The molecule has 0 saturated carbocycles. The van der Waals surface area contributed by atoms with Crippen molar-refractivity contribution in [2.45, 2.75) is 50.8 Å². The Morgan fingerprint density at radius 1 is 1.07 bits per heavy atom. The minimum absolute atomic E-state index is 0.0273. The van der Waals surface area contributed by atoms with E-state index in [1.807, 2.05) is 0 Å². The Kier molecular flexibility index (Phi) is 14.3. The van der Waals surface area contributed by atoms with Gasteiger partial charge in [-0.25, -0.2) is 32.0 Å². The van der Waals surface area contributed by atoms with Gasteiger partial charge in [0.25, 0.3) is 6.33 Å². The molecule has 0 aliphatic carbocycles. The van der Waals surface area contributed by atoms with E-state index in [0.29, 0.717) is 22.9 Å². The lowest BCUT2D eigenvalue weighted by Gasteiger charge is -2.26. The van der Waals surface area contributed by atoms with Crippen LogP contribution in [0, 0.1) is 11.6 Å². The van der Waals surface area contributed by atoms with Gasteiger partial charge in [0.05, 0.1) is 18.8 Å². The van der Waals surface area contributed by atoms with Crippen molar-refractivity contribution < 1.29 is 59.8 Å². The van der Waals surface area contributed by atoms with E-state index in [1.54, 1.807) is 38.2 Å². The van der Waals surface area contributed by atoms with Gasteiger partial charge in [-0.2, -0.15) is 18.4 Å². The van der Waals surface area contributed by atoms with Gasteiger partial charge in [-0.15, -0.1) is 4.68 Å². The van der Waals surface area contributed by atoms with Crippen LogP contribution in [0.25, 0.3) is 12.2 Å². The third-order valence-corrected chi connectivity index (χ3v) is 8.96. The van der Waals surface area contributed by atoms with Crippen LogP contribution in [0.4, 0.5) is 36.8 Å². The number of nitrogens with one attached hydrogen (secondary N) is 1. The van der Waals surface area contributed by atoms with Crippen molar-refractivity contribution in [1.29, 1.82) is 0 Å². The number of esters is 1. The lowest BCUT2D eigenvalue weighted by Crippen LogP contribution is -2.42. The zero-order valence-corrected chi connectivity index (χ0v) is 32.4. The molecule has 59 heavy (non-hydrogen) atoms. The molecular weight excluding hydrogens is 814 g/mol. The van der Waals surface area contributed by atoms with E-state index in [9.17, 15) is 36.6 Å². The predicted molar refractivity (Wildman–Crippen MR) is 199 cm³/mol. The second-order valence-corrected chi connectivity index (χ2v) is 13.5. The van der Waals surface area contributed by atoms with Crippen LogP contribution in [0.2, 0.25) is 5.02 Å². The number of hydrogen-bond acceptors (Lipinski definition) is 10. The average Bonchev–Trinajstić information content (AvgIpc) is 3.85. The number of likely N-dealkylation sites (N-methyl/N-ethyl adjacent to an activating group) is 1. The Morgan fingerprint density at radius 2 is 1.80 bits per heavy atom. The first-order valence-corrected chi connectivity index (χ1v) is 17.9. The fourth-order valence-electron chi connectivity index (χ4n) is 5.52. The van der Waals surface area contributed by atoms with Crippen LogP contribution in [-0.4, -0.2) is 81.3 Å². The Balaban J connectivity index is 1.27. The Hall–Kier alpha value is -5.99. The number of aliphatic hydroxyl groups is 1. The lowest BCUT2D eigenvalue weighted by molar-refractivity contribution is -0.753. The fourth-order valence-corrected chi connectivity index (χ4v) is 5.74. The number of halogens is 7. The molecule has 14 nitrogen and oxygen atoms in total. The molecule has 0 aliphatic rings. The van der Waals surface area contributed by atoms with Gasteiger partial charge in [-0.05, 0) is 49.0 Å². The van der Waals surface area contributed by atoms with Gasteiger partial charge in [0.15, 0.2) is 12.4 Å². The summed E-state index contributed by atoms with van der Waals surface area (Å²) < 4.78 is 99.9. The Morgan fingerprint density at radius 3 is 2.49 bits per heavy atom. The normalized spacial score (nSPS) is 13.4. The second kappa shape index (κ2) is 19.2. The van der Waals surface area contributed by atoms with Crippen molar-refractivity contribution in [1.82, 2.24) is 29.9 Å². The van der Waals surface area contributed by atoms with Crippen molar-refractivity contribution in [3.8, 4) is 5.75 Å². The molecule has 2 unspecified atom stereocenters. The first-order chi connectivity index (χ1) is 28.0. The SMILES string of the molecule is CNCC(=O)OCc1c(Cl)cccc1N(C)C(=O)OC(C)[n+]1cnn(CC(O)(Cn2cnc(/C=C/c3ccc(OCC(F)(F)C(F)F)cc3)n2)c2ccc(F)cc2F)c1. The first-order valence-electron chi connectivity index (χ1n) is 17.6. The molecule has 314 valence electrons. The molecule has 3 aromatic carbocycles. The molecule has 2 N–H and O–H groups in total. The molecule has 5 rings (SSSR count). The van der Waals surface area contributed by atoms with E-state index in [4.69, 9.17) is 25.8 Å². The number of alkyl halides is 4. The zero-order valence-electron chi connectivity index (χ0n) is 31.6. The number of aromatic nitrogens is 6. The van der Waals surface area contributed by atoms with E-state index < -0.39 is 67.6 Å². The molecule has 21 heteroatoms. The largest absolute Gasteiger partial charge is 0.487 e. The summed E-state index contributed by atoms with van der Waals surface area (Å²) in [6.07, 6.45) is 1.39. The molecule has 0 aliphatic heterocycles. The highest BCUT2D eigenvalue weighted by atomic mass is 35.5. The summed E-state index contributed by atoms with van der Waals surface area (Å²) in [5.41, 5.74) is -1.13. The van der Waals surface area contributed by atoms with Crippen LogP contribution >= 0.6 is 11.6 Å². The topological polar surface area (TPSA) is 150 Å². The number of anilines is 1. The van der Waals surface area contributed by atoms with E-state index >= 15 is 4.39 Å². The molecule has 2 aromatic heterocycles. The molecule has 0 spiro atoms. The lowest BCUT2D eigenvalue weighted by atomic mass is 9.93. The van der Waals surface area contributed by atoms with Crippen LogP contribution in [0.5, 0.6) is 5.75 Å². The number of carbonyl (C=O) groups is 2. The highest BCUT2D eigenvalue weighted by Crippen LogP contribution is 2.30. The minimum atomic E-state index is -4.30. The number of ether oxygens (including phenoxy) is 3.